The van der Waals surface area contributed by atoms with Crippen LogP contribution in [-0.2, 0) is 13.5 Å². The SMILES string of the molecule is CC(C)CNCC(CCc1cnn(C)c1)C(C)(C)C. The van der Waals surface area contributed by atoms with Crippen molar-refractivity contribution in [3.8, 4) is 0 Å². The van der Waals surface area contributed by atoms with Gasteiger partial charge >= 0.3 is 0 Å². The Morgan fingerprint density at radius 2 is 1.95 bits per heavy atom. The number of nitrogens with zero attached hydrogens (tertiary/aromatic N) is 2. The molecule has 0 aliphatic rings. The summed E-state index contributed by atoms with van der Waals surface area (Å²) in [5.74, 6) is 1.42. The van der Waals surface area contributed by atoms with Gasteiger partial charge in [-0.05, 0) is 48.7 Å². The molecule has 0 aliphatic heterocycles. The van der Waals surface area contributed by atoms with Crippen LogP contribution in [0.3, 0.4) is 0 Å². The maximum Gasteiger partial charge on any atom is 0.0521 e. The van der Waals surface area contributed by atoms with Crippen LogP contribution in [0.4, 0.5) is 0 Å². The molecule has 3 heteroatoms. The third-order valence-electron chi connectivity index (χ3n) is 3.71. The van der Waals surface area contributed by atoms with Crippen molar-refractivity contribution in [2.45, 2.75) is 47.5 Å². The van der Waals surface area contributed by atoms with Gasteiger partial charge in [-0.1, -0.05) is 34.6 Å². The van der Waals surface area contributed by atoms with Crippen LogP contribution in [0.5, 0.6) is 0 Å². The summed E-state index contributed by atoms with van der Waals surface area (Å²) in [5, 5.41) is 7.86. The average molecular weight is 265 g/mol. The van der Waals surface area contributed by atoms with Gasteiger partial charge in [0.2, 0.25) is 0 Å². The van der Waals surface area contributed by atoms with E-state index in [1.165, 1.54) is 12.0 Å². The molecule has 1 aromatic rings. The zero-order valence-corrected chi connectivity index (χ0v) is 13.5. The Bertz CT molecular complexity index is 360. The number of hydrogen-bond donors (Lipinski definition) is 1. The van der Waals surface area contributed by atoms with Crippen molar-refractivity contribution in [2.75, 3.05) is 13.1 Å². The second-order valence-corrected chi connectivity index (χ2v) is 7.18. The lowest BCUT2D eigenvalue weighted by molar-refractivity contribution is 0.217. The van der Waals surface area contributed by atoms with Crippen LogP contribution in [0.1, 0.15) is 46.6 Å². The molecule has 1 unspecified atom stereocenters. The Morgan fingerprint density at radius 3 is 2.42 bits per heavy atom. The van der Waals surface area contributed by atoms with E-state index in [0.717, 1.165) is 25.4 Å². The van der Waals surface area contributed by atoms with Crippen molar-refractivity contribution in [1.82, 2.24) is 15.1 Å². The average Bonchev–Trinajstić information content (AvgIpc) is 2.67. The van der Waals surface area contributed by atoms with Crippen LogP contribution in [0.2, 0.25) is 0 Å². The predicted octanol–water partition coefficient (Wildman–Crippen LogP) is 3.26. The van der Waals surface area contributed by atoms with Gasteiger partial charge in [-0.15, -0.1) is 0 Å². The van der Waals surface area contributed by atoms with Gasteiger partial charge in [-0.3, -0.25) is 4.68 Å². The van der Waals surface area contributed by atoms with Gasteiger partial charge in [0, 0.05) is 13.2 Å². The predicted molar refractivity (Wildman–Crippen MR) is 82.2 cm³/mol. The fraction of sp³-hybridized carbons (Fsp3) is 0.812. The van der Waals surface area contributed by atoms with Crippen LogP contribution in [0, 0.1) is 17.3 Å². The van der Waals surface area contributed by atoms with E-state index in [9.17, 15) is 0 Å². The fourth-order valence-corrected chi connectivity index (χ4v) is 2.33. The minimum absolute atomic E-state index is 0.353. The molecule has 0 spiro atoms. The van der Waals surface area contributed by atoms with Crippen molar-refractivity contribution < 1.29 is 0 Å². The van der Waals surface area contributed by atoms with Gasteiger partial charge in [0.25, 0.3) is 0 Å². The van der Waals surface area contributed by atoms with E-state index in [1.807, 2.05) is 17.9 Å². The number of aryl methyl sites for hydroxylation is 2. The van der Waals surface area contributed by atoms with Gasteiger partial charge in [0.15, 0.2) is 0 Å². The summed E-state index contributed by atoms with van der Waals surface area (Å²) in [6.07, 6.45) is 6.46. The van der Waals surface area contributed by atoms with Gasteiger partial charge in [-0.25, -0.2) is 0 Å². The highest BCUT2D eigenvalue weighted by atomic mass is 15.2. The maximum absolute atomic E-state index is 4.24. The van der Waals surface area contributed by atoms with Crippen LogP contribution in [-0.4, -0.2) is 22.9 Å². The topological polar surface area (TPSA) is 29.9 Å². The maximum atomic E-state index is 4.24. The van der Waals surface area contributed by atoms with Crippen molar-refractivity contribution in [2.24, 2.45) is 24.3 Å². The first kappa shape index (κ1) is 16.2. The van der Waals surface area contributed by atoms with E-state index in [4.69, 9.17) is 0 Å². The summed E-state index contributed by atoms with van der Waals surface area (Å²) >= 11 is 0. The van der Waals surface area contributed by atoms with Crippen LogP contribution >= 0.6 is 0 Å². The number of aromatic nitrogens is 2. The highest BCUT2D eigenvalue weighted by molar-refractivity contribution is 5.04. The minimum atomic E-state index is 0.353. The summed E-state index contributed by atoms with van der Waals surface area (Å²) in [6.45, 7) is 13.8. The van der Waals surface area contributed by atoms with Crippen molar-refractivity contribution in [3.05, 3.63) is 18.0 Å². The standard InChI is InChI=1S/C16H31N3/c1-13(2)9-17-11-15(16(3,4)5)8-7-14-10-18-19(6)12-14/h10,12-13,15,17H,7-9,11H2,1-6H3. The van der Waals surface area contributed by atoms with Crippen LogP contribution < -0.4 is 5.32 Å². The molecule has 1 rings (SSSR count). The van der Waals surface area contributed by atoms with Crippen LogP contribution in [0.25, 0.3) is 0 Å². The molecule has 1 N–H and O–H groups in total. The van der Waals surface area contributed by atoms with E-state index in [1.54, 1.807) is 0 Å². The Labute approximate surface area is 118 Å². The molecule has 0 saturated heterocycles. The Kier molecular flexibility index (Phi) is 6.05. The molecule has 0 aromatic carbocycles. The first-order chi connectivity index (χ1) is 8.79. The van der Waals surface area contributed by atoms with Crippen LogP contribution in [0.15, 0.2) is 12.4 Å². The molecule has 110 valence electrons. The molecule has 0 saturated carbocycles. The Hall–Kier alpha value is -0.830. The highest BCUT2D eigenvalue weighted by Crippen LogP contribution is 2.29. The molecule has 1 heterocycles. The highest BCUT2D eigenvalue weighted by Gasteiger charge is 2.24. The summed E-state index contributed by atoms with van der Waals surface area (Å²) in [4.78, 5) is 0. The second kappa shape index (κ2) is 7.09. The Balaban J connectivity index is 2.45. The van der Waals surface area contributed by atoms with E-state index >= 15 is 0 Å². The summed E-state index contributed by atoms with van der Waals surface area (Å²) in [6, 6.07) is 0. The van der Waals surface area contributed by atoms with Gasteiger partial charge in [0.05, 0.1) is 6.20 Å². The summed E-state index contributed by atoms with van der Waals surface area (Å²) in [7, 11) is 1.98. The zero-order chi connectivity index (χ0) is 14.5. The molecule has 0 fully saturated rings. The van der Waals surface area contributed by atoms with E-state index < -0.39 is 0 Å². The molecular weight excluding hydrogens is 234 g/mol. The monoisotopic (exact) mass is 265 g/mol. The van der Waals surface area contributed by atoms with Crippen molar-refractivity contribution in [3.63, 3.8) is 0 Å². The van der Waals surface area contributed by atoms with Gasteiger partial charge < -0.3 is 5.32 Å². The second-order valence-electron chi connectivity index (χ2n) is 7.18. The van der Waals surface area contributed by atoms with Crippen molar-refractivity contribution >= 4 is 0 Å². The fourth-order valence-electron chi connectivity index (χ4n) is 2.33. The molecule has 1 atom stereocenters. The normalized spacial score (nSPS) is 14.1. The molecule has 1 aromatic heterocycles. The summed E-state index contributed by atoms with van der Waals surface area (Å²) < 4.78 is 1.89. The molecule has 0 bridgehead atoms. The molecular formula is C16H31N3. The quantitative estimate of drug-likeness (QED) is 0.820. The van der Waals surface area contributed by atoms with Crippen molar-refractivity contribution in [1.29, 1.82) is 0 Å². The zero-order valence-electron chi connectivity index (χ0n) is 13.5. The van der Waals surface area contributed by atoms with E-state index in [-0.39, 0.29) is 0 Å². The lowest BCUT2D eigenvalue weighted by atomic mass is 9.77. The third kappa shape index (κ3) is 6.24. The summed E-state index contributed by atoms with van der Waals surface area (Å²) in [5.41, 5.74) is 1.70. The molecule has 19 heavy (non-hydrogen) atoms. The van der Waals surface area contributed by atoms with Gasteiger partial charge in [0.1, 0.15) is 0 Å². The third-order valence-corrected chi connectivity index (χ3v) is 3.71. The molecule has 3 nitrogen and oxygen atoms in total. The largest absolute Gasteiger partial charge is 0.316 e. The van der Waals surface area contributed by atoms with Gasteiger partial charge in [-0.2, -0.15) is 5.10 Å². The number of hydrogen-bond acceptors (Lipinski definition) is 2. The smallest absolute Gasteiger partial charge is 0.0521 e. The number of nitrogens with one attached hydrogen (secondary N) is 1. The first-order valence-electron chi connectivity index (χ1n) is 7.47. The molecule has 0 amide bonds. The minimum Gasteiger partial charge on any atom is -0.316 e. The van der Waals surface area contributed by atoms with E-state index in [0.29, 0.717) is 11.3 Å². The van der Waals surface area contributed by atoms with E-state index in [2.05, 4.69) is 51.2 Å². The lowest BCUT2D eigenvalue weighted by Crippen LogP contribution is -2.34. The first-order valence-corrected chi connectivity index (χ1v) is 7.47. The molecule has 0 aliphatic carbocycles. The lowest BCUT2D eigenvalue weighted by Gasteiger charge is -2.31. The number of rotatable bonds is 7. The molecule has 0 radical (unpaired) electrons. The Morgan fingerprint density at radius 1 is 1.26 bits per heavy atom.